The zero-order valence-electron chi connectivity index (χ0n) is 15.1. The molecule has 3 rings (SSSR count). The van der Waals surface area contributed by atoms with Gasteiger partial charge in [-0.2, -0.15) is 5.26 Å². The van der Waals surface area contributed by atoms with Crippen LogP contribution in [0.5, 0.6) is 5.75 Å². The van der Waals surface area contributed by atoms with E-state index in [1.807, 2.05) is 6.07 Å². The van der Waals surface area contributed by atoms with Crippen LogP contribution in [0.3, 0.4) is 0 Å². The number of nitriles is 1. The van der Waals surface area contributed by atoms with Crippen molar-refractivity contribution >= 4 is 5.78 Å². The van der Waals surface area contributed by atoms with Crippen LogP contribution in [0.4, 0.5) is 4.39 Å². The van der Waals surface area contributed by atoms with Crippen LogP contribution in [-0.2, 0) is 22.4 Å². The third-order valence-electron chi connectivity index (χ3n) is 4.56. The number of halogens is 1. The normalized spacial score (nSPS) is 16.6. The van der Waals surface area contributed by atoms with Gasteiger partial charge in [-0.15, -0.1) is 0 Å². The summed E-state index contributed by atoms with van der Waals surface area (Å²) in [5, 5.41) is 12.2. The lowest BCUT2D eigenvalue weighted by Gasteiger charge is -2.24. The average Bonchev–Trinajstić information content (AvgIpc) is 2.70. The van der Waals surface area contributed by atoms with Gasteiger partial charge in [0.15, 0.2) is 0 Å². The number of ketones is 1. The predicted octanol–water partition coefficient (Wildman–Crippen LogP) is 2.72. The number of hydrogen-bond donors (Lipinski definition) is 1. The Morgan fingerprint density at radius 2 is 2.11 bits per heavy atom. The highest BCUT2D eigenvalue weighted by Crippen LogP contribution is 2.23. The van der Waals surface area contributed by atoms with Crippen LogP contribution in [-0.4, -0.2) is 32.6 Å². The summed E-state index contributed by atoms with van der Waals surface area (Å²) in [4.78, 5) is 12.4. The van der Waals surface area contributed by atoms with Gasteiger partial charge >= 0.3 is 0 Å². The van der Waals surface area contributed by atoms with Gasteiger partial charge in [-0.3, -0.25) is 4.79 Å². The number of rotatable bonds is 6. The van der Waals surface area contributed by atoms with Gasteiger partial charge in [-0.25, -0.2) is 4.39 Å². The van der Waals surface area contributed by atoms with E-state index in [0.29, 0.717) is 35.6 Å². The molecule has 1 heterocycles. The number of morpholine rings is 1. The molecule has 1 aliphatic rings. The average molecular weight is 368 g/mol. The summed E-state index contributed by atoms with van der Waals surface area (Å²) in [5.74, 6) is -0.0153. The first-order valence-electron chi connectivity index (χ1n) is 8.80. The van der Waals surface area contributed by atoms with Gasteiger partial charge in [0, 0.05) is 31.5 Å². The first-order valence-corrected chi connectivity index (χ1v) is 8.80. The van der Waals surface area contributed by atoms with Crippen molar-refractivity contribution in [1.29, 1.82) is 5.26 Å². The quantitative estimate of drug-likeness (QED) is 0.849. The minimum atomic E-state index is -0.409. The lowest BCUT2D eigenvalue weighted by molar-refractivity contribution is -0.117. The van der Waals surface area contributed by atoms with Crippen LogP contribution in [0, 0.1) is 17.1 Å². The molecule has 6 heteroatoms. The van der Waals surface area contributed by atoms with Crippen LogP contribution in [0.1, 0.15) is 28.4 Å². The Kier molecular flexibility index (Phi) is 6.17. The van der Waals surface area contributed by atoms with E-state index in [1.165, 1.54) is 13.2 Å². The second-order valence-corrected chi connectivity index (χ2v) is 6.45. The Balaban J connectivity index is 1.70. The van der Waals surface area contributed by atoms with E-state index in [9.17, 15) is 9.18 Å². The molecule has 0 amide bonds. The fraction of sp³-hybridized carbons (Fsp3) is 0.333. The fourth-order valence-corrected chi connectivity index (χ4v) is 3.16. The smallest absolute Gasteiger partial charge is 0.141 e. The van der Waals surface area contributed by atoms with Gasteiger partial charge in [0.1, 0.15) is 17.3 Å². The van der Waals surface area contributed by atoms with Crippen molar-refractivity contribution in [3.8, 4) is 11.8 Å². The second-order valence-electron chi connectivity index (χ2n) is 6.45. The molecule has 2 aromatic carbocycles. The lowest BCUT2D eigenvalue weighted by Crippen LogP contribution is -2.33. The molecule has 0 aromatic heterocycles. The molecule has 0 radical (unpaired) electrons. The third kappa shape index (κ3) is 4.70. The standard InChI is InChI=1S/C21H21FN2O3/c1-26-20-5-2-14(12-23)8-17(20)10-18(25)9-15-3-4-16(11-19(15)22)21-13-24-6-7-27-21/h2-5,8,11,21,24H,6-7,9-10,13H2,1H3/t21-/m0/s1. The van der Waals surface area contributed by atoms with E-state index in [0.717, 1.165) is 12.1 Å². The molecule has 1 fully saturated rings. The van der Waals surface area contributed by atoms with E-state index < -0.39 is 5.82 Å². The van der Waals surface area contributed by atoms with E-state index >= 15 is 0 Å². The van der Waals surface area contributed by atoms with E-state index in [-0.39, 0.29) is 24.7 Å². The predicted molar refractivity (Wildman–Crippen MR) is 98.1 cm³/mol. The number of ether oxygens (including phenoxy) is 2. The molecule has 0 bridgehead atoms. The molecule has 0 aliphatic carbocycles. The Morgan fingerprint density at radius 3 is 2.78 bits per heavy atom. The largest absolute Gasteiger partial charge is 0.496 e. The molecular weight excluding hydrogens is 347 g/mol. The van der Waals surface area contributed by atoms with Crippen molar-refractivity contribution in [1.82, 2.24) is 5.32 Å². The zero-order valence-corrected chi connectivity index (χ0v) is 15.1. The van der Waals surface area contributed by atoms with Gasteiger partial charge in [0.2, 0.25) is 0 Å². The third-order valence-corrected chi connectivity index (χ3v) is 4.56. The Bertz CT molecular complexity index is 870. The monoisotopic (exact) mass is 368 g/mol. The van der Waals surface area contributed by atoms with E-state index in [1.54, 1.807) is 30.3 Å². The first-order chi connectivity index (χ1) is 13.1. The number of methoxy groups -OCH3 is 1. The summed E-state index contributed by atoms with van der Waals surface area (Å²) in [6.45, 7) is 2.03. The van der Waals surface area contributed by atoms with E-state index in [2.05, 4.69) is 5.32 Å². The Morgan fingerprint density at radius 1 is 1.30 bits per heavy atom. The van der Waals surface area contributed by atoms with Crippen molar-refractivity contribution in [3.05, 3.63) is 64.5 Å². The van der Waals surface area contributed by atoms with Gasteiger partial charge in [-0.05, 0) is 35.4 Å². The molecule has 1 saturated heterocycles. The van der Waals surface area contributed by atoms with Crippen LogP contribution in [0.25, 0.3) is 0 Å². The molecule has 0 unspecified atom stereocenters. The van der Waals surface area contributed by atoms with Crippen LogP contribution in [0.2, 0.25) is 0 Å². The molecule has 27 heavy (non-hydrogen) atoms. The maximum Gasteiger partial charge on any atom is 0.141 e. The SMILES string of the molecule is COc1ccc(C#N)cc1CC(=O)Cc1ccc([C@@H]2CNCCO2)cc1F. The Labute approximate surface area is 157 Å². The maximum atomic E-state index is 14.5. The molecule has 2 aromatic rings. The van der Waals surface area contributed by atoms with Crippen molar-refractivity contribution in [2.24, 2.45) is 0 Å². The van der Waals surface area contributed by atoms with Crippen molar-refractivity contribution in [3.63, 3.8) is 0 Å². The molecule has 1 aliphatic heterocycles. The molecule has 1 N–H and O–H groups in total. The molecule has 1 atom stereocenters. The number of nitrogens with zero attached hydrogens (tertiary/aromatic N) is 1. The van der Waals surface area contributed by atoms with E-state index in [4.69, 9.17) is 14.7 Å². The molecule has 140 valence electrons. The summed E-state index contributed by atoms with van der Waals surface area (Å²) in [6.07, 6.45) is -0.110. The molecular formula is C21H21FN2O3. The maximum absolute atomic E-state index is 14.5. The van der Waals surface area contributed by atoms with Crippen molar-refractivity contribution < 1.29 is 18.7 Å². The van der Waals surface area contributed by atoms with Crippen LogP contribution >= 0.6 is 0 Å². The van der Waals surface area contributed by atoms with Gasteiger partial charge in [-0.1, -0.05) is 12.1 Å². The summed E-state index contributed by atoms with van der Waals surface area (Å²) >= 11 is 0. The molecule has 0 saturated carbocycles. The van der Waals surface area contributed by atoms with Crippen molar-refractivity contribution in [2.75, 3.05) is 26.8 Å². The van der Waals surface area contributed by atoms with Crippen LogP contribution in [0.15, 0.2) is 36.4 Å². The summed E-state index contributed by atoms with van der Waals surface area (Å²) in [6, 6.07) is 11.9. The highest BCUT2D eigenvalue weighted by atomic mass is 19.1. The lowest BCUT2D eigenvalue weighted by atomic mass is 9.98. The second kappa shape index (κ2) is 8.76. The van der Waals surface area contributed by atoms with Crippen LogP contribution < -0.4 is 10.1 Å². The topological polar surface area (TPSA) is 71.3 Å². The number of Topliss-reactive ketones (excluding diaryl/α,β-unsaturated/α-hetero) is 1. The summed E-state index contributed by atoms with van der Waals surface area (Å²) in [7, 11) is 1.51. The number of hydrogen-bond acceptors (Lipinski definition) is 5. The highest BCUT2D eigenvalue weighted by molar-refractivity contribution is 5.84. The zero-order chi connectivity index (χ0) is 19.2. The summed E-state index contributed by atoms with van der Waals surface area (Å²) in [5.41, 5.74) is 2.19. The number of carbonyl (C=O) groups excluding carboxylic acids is 1. The number of carbonyl (C=O) groups is 1. The highest BCUT2D eigenvalue weighted by Gasteiger charge is 2.18. The van der Waals surface area contributed by atoms with Gasteiger partial charge in [0.25, 0.3) is 0 Å². The fourth-order valence-electron chi connectivity index (χ4n) is 3.16. The minimum Gasteiger partial charge on any atom is -0.496 e. The van der Waals surface area contributed by atoms with Gasteiger partial charge < -0.3 is 14.8 Å². The minimum absolute atomic E-state index is 0.0180. The molecule has 0 spiro atoms. The number of benzene rings is 2. The number of nitrogens with one attached hydrogen (secondary N) is 1. The summed E-state index contributed by atoms with van der Waals surface area (Å²) < 4.78 is 25.3. The Hall–Kier alpha value is -2.75. The van der Waals surface area contributed by atoms with Crippen molar-refractivity contribution in [2.45, 2.75) is 18.9 Å². The van der Waals surface area contributed by atoms with Gasteiger partial charge in [0.05, 0.1) is 31.5 Å². The first kappa shape index (κ1) is 19.0. The molecule has 5 nitrogen and oxygen atoms in total.